The van der Waals surface area contributed by atoms with Gasteiger partial charge in [0.2, 0.25) is 5.91 Å². The van der Waals surface area contributed by atoms with E-state index in [4.69, 9.17) is 0 Å². The maximum Gasteiger partial charge on any atom is 0.222 e. The highest BCUT2D eigenvalue weighted by atomic mass is 16.2. The minimum atomic E-state index is 0.326. The molecule has 21 heavy (non-hydrogen) atoms. The summed E-state index contributed by atoms with van der Waals surface area (Å²) in [5, 5.41) is 3.36. The Morgan fingerprint density at radius 1 is 1.24 bits per heavy atom. The molecule has 0 spiro atoms. The molecule has 3 heteroatoms. The van der Waals surface area contributed by atoms with Crippen molar-refractivity contribution in [3.8, 4) is 0 Å². The highest BCUT2D eigenvalue weighted by Crippen LogP contribution is 2.27. The number of carbonyl (C=O) groups is 1. The molecule has 0 unspecified atom stereocenters. The smallest absolute Gasteiger partial charge is 0.222 e. The van der Waals surface area contributed by atoms with Gasteiger partial charge in [0.25, 0.3) is 0 Å². The third-order valence-electron chi connectivity index (χ3n) is 4.24. The predicted octanol–water partition coefficient (Wildman–Crippen LogP) is 3.17. The molecule has 1 N–H and O–H groups in total. The van der Waals surface area contributed by atoms with Crippen LogP contribution >= 0.6 is 0 Å². The van der Waals surface area contributed by atoms with E-state index in [1.165, 1.54) is 5.56 Å². The molecule has 1 saturated heterocycles. The first-order valence-electron chi connectivity index (χ1n) is 8.23. The quantitative estimate of drug-likeness (QED) is 0.815. The molecule has 1 aromatic rings. The van der Waals surface area contributed by atoms with Gasteiger partial charge in [-0.1, -0.05) is 44.2 Å². The molecular formula is C18H28N2O. The van der Waals surface area contributed by atoms with Crippen molar-refractivity contribution in [1.29, 1.82) is 0 Å². The van der Waals surface area contributed by atoms with Gasteiger partial charge in [-0.15, -0.1) is 0 Å². The van der Waals surface area contributed by atoms with Gasteiger partial charge in [0, 0.05) is 25.6 Å². The summed E-state index contributed by atoms with van der Waals surface area (Å²) in [5.41, 5.74) is 1.42. The van der Waals surface area contributed by atoms with Gasteiger partial charge in [0.15, 0.2) is 0 Å². The topological polar surface area (TPSA) is 32.3 Å². The zero-order valence-electron chi connectivity index (χ0n) is 13.3. The molecule has 2 rings (SSSR count). The molecule has 0 aliphatic carbocycles. The van der Waals surface area contributed by atoms with Crippen LogP contribution in [-0.4, -0.2) is 36.5 Å². The van der Waals surface area contributed by atoms with Crippen LogP contribution < -0.4 is 5.32 Å². The van der Waals surface area contributed by atoms with Crippen molar-refractivity contribution >= 4 is 5.91 Å². The number of likely N-dealkylation sites (tertiary alicyclic amines) is 1. The Morgan fingerprint density at radius 3 is 2.52 bits per heavy atom. The molecule has 116 valence electrons. The molecule has 0 saturated carbocycles. The summed E-state index contributed by atoms with van der Waals surface area (Å²) in [6, 6.07) is 11.2. The van der Waals surface area contributed by atoms with E-state index in [1.54, 1.807) is 0 Å². The van der Waals surface area contributed by atoms with E-state index in [-0.39, 0.29) is 0 Å². The van der Waals surface area contributed by atoms with Gasteiger partial charge < -0.3 is 10.2 Å². The Hall–Kier alpha value is -1.35. The van der Waals surface area contributed by atoms with Gasteiger partial charge in [-0.25, -0.2) is 0 Å². The molecular weight excluding hydrogens is 260 g/mol. The Bertz CT molecular complexity index is 422. The largest absolute Gasteiger partial charge is 0.343 e. The zero-order chi connectivity index (χ0) is 15.1. The van der Waals surface area contributed by atoms with Crippen molar-refractivity contribution in [2.45, 2.75) is 51.5 Å². The number of benzene rings is 1. The average molecular weight is 288 g/mol. The molecule has 1 fully saturated rings. The number of hydrogen-bond donors (Lipinski definition) is 1. The summed E-state index contributed by atoms with van der Waals surface area (Å²) in [6.45, 7) is 7.03. The molecule has 1 aromatic carbocycles. The van der Waals surface area contributed by atoms with E-state index in [2.05, 4.69) is 54.4 Å². The fourth-order valence-electron chi connectivity index (χ4n) is 2.98. The second-order valence-corrected chi connectivity index (χ2v) is 6.28. The lowest BCUT2D eigenvalue weighted by atomic mass is 9.89. The van der Waals surface area contributed by atoms with Crippen molar-refractivity contribution < 1.29 is 4.79 Å². The van der Waals surface area contributed by atoms with Crippen LogP contribution in [-0.2, 0) is 4.79 Å². The third-order valence-corrected chi connectivity index (χ3v) is 4.24. The van der Waals surface area contributed by atoms with Gasteiger partial charge in [-0.3, -0.25) is 4.79 Å². The maximum atomic E-state index is 12.2. The Balaban J connectivity index is 1.70. The van der Waals surface area contributed by atoms with Crippen LogP contribution in [0.5, 0.6) is 0 Å². The highest BCUT2D eigenvalue weighted by molar-refractivity contribution is 5.76. The van der Waals surface area contributed by atoms with E-state index < -0.39 is 0 Å². The fraction of sp³-hybridized carbons (Fsp3) is 0.611. The number of piperidine rings is 1. The minimum absolute atomic E-state index is 0.326. The number of nitrogens with one attached hydrogen (secondary N) is 1. The predicted molar refractivity (Wildman–Crippen MR) is 87.4 cm³/mol. The summed E-state index contributed by atoms with van der Waals surface area (Å²) in [6.07, 6.45) is 3.81. The molecule has 0 bridgehead atoms. The van der Waals surface area contributed by atoms with Crippen molar-refractivity contribution in [2.24, 2.45) is 0 Å². The average Bonchev–Trinajstić information content (AvgIpc) is 2.52. The zero-order valence-corrected chi connectivity index (χ0v) is 13.3. The lowest BCUT2D eigenvalue weighted by Gasteiger charge is -2.32. The SMILES string of the molecule is CC(C)NCCCC(=O)N1CCC(c2ccccc2)CC1. The van der Waals surface area contributed by atoms with E-state index in [9.17, 15) is 4.79 Å². The minimum Gasteiger partial charge on any atom is -0.343 e. The summed E-state index contributed by atoms with van der Waals surface area (Å²) < 4.78 is 0. The first-order chi connectivity index (χ1) is 10.2. The number of carbonyl (C=O) groups excluding carboxylic acids is 1. The number of amides is 1. The Morgan fingerprint density at radius 2 is 1.90 bits per heavy atom. The lowest BCUT2D eigenvalue weighted by Crippen LogP contribution is -2.38. The Kier molecular flexibility index (Phi) is 6.24. The molecule has 0 aromatic heterocycles. The van der Waals surface area contributed by atoms with Crippen molar-refractivity contribution in [1.82, 2.24) is 10.2 Å². The van der Waals surface area contributed by atoms with E-state index in [1.807, 2.05) is 0 Å². The van der Waals surface area contributed by atoms with Crippen LogP contribution in [0.3, 0.4) is 0 Å². The third kappa shape index (κ3) is 5.16. The van der Waals surface area contributed by atoms with E-state index in [0.29, 0.717) is 24.3 Å². The van der Waals surface area contributed by atoms with Gasteiger partial charge in [0.05, 0.1) is 0 Å². The second kappa shape index (κ2) is 8.18. The summed E-state index contributed by atoms with van der Waals surface area (Å²) in [7, 11) is 0. The van der Waals surface area contributed by atoms with Crippen molar-refractivity contribution in [3.63, 3.8) is 0 Å². The van der Waals surface area contributed by atoms with E-state index >= 15 is 0 Å². The van der Waals surface area contributed by atoms with Crippen LogP contribution in [0.15, 0.2) is 30.3 Å². The molecule has 1 heterocycles. The maximum absolute atomic E-state index is 12.2. The number of hydrogen-bond acceptors (Lipinski definition) is 2. The van der Waals surface area contributed by atoms with Crippen LogP contribution in [0.25, 0.3) is 0 Å². The van der Waals surface area contributed by atoms with Gasteiger partial charge >= 0.3 is 0 Å². The van der Waals surface area contributed by atoms with Crippen molar-refractivity contribution in [3.05, 3.63) is 35.9 Å². The molecule has 1 amide bonds. The number of nitrogens with zero attached hydrogens (tertiary/aromatic N) is 1. The fourth-order valence-corrected chi connectivity index (χ4v) is 2.98. The number of rotatable bonds is 6. The van der Waals surface area contributed by atoms with Gasteiger partial charge in [0.1, 0.15) is 0 Å². The first-order valence-corrected chi connectivity index (χ1v) is 8.23. The van der Waals surface area contributed by atoms with Crippen LogP contribution in [0.2, 0.25) is 0 Å². The first kappa shape index (κ1) is 16.0. The highest BCUT2D eigenvalue weighted by Gasteiger charge is 2.23. The van der Waals surface area contributed by atoms with Crippen LogP contribution in [0.1, 0.15) is 51.0 Å². The summed E-state index contributed by atoms with van der Waals surface area (Å²) in [4.78, 5) is 14.2. The molecule has 0 radical (unpaired) electrons. The van der Waals surface area contributed by atoms with Gasteiger partial charge in [-0.2, -0.15) is 0 Å². The second-order valence-electron chi connectivity index (χ2n) is 6.28. The molecule has 0 atom stereocenters. The van der Waals surface area contributed by atoms with Crippen molar-refractivity contribution in [2.75, 3.05) is 19.6 Å². The molecule has 1 aliphatic heterocycles. The summed E-state index contributed by atoms with van der Waals surface area (Å²) >= 11 is 0. The lowest BCUT2D eigenvalue weighted by molar-refractivity contribution is -0.132. The standard InChI is InChI=1S/C18H28N2O/c1-15(2)19-12-6-9-18(21)20-13-10-17(11-14-20)16-7-4-3-5-8-16/h3-5,7-8,15,17,19H,6,9-14H2,1-2H3. The monoisotopic (exact) mass is 288 g/mol. The molecule has 1 aliphatic rings. The van der Waals surface area contributed by atoms with Crippen LogP contribution in [0, 0.1) is 0 Å². The molecule has 3 nitrogen and oxygen atoms in total. The van der Waals surface area contributed by atoms with Gasteiger partial charge in [-0.05, 0) is 37.3 Å². The Labute approximate surface area is 128 Å². The summed E-state index contributed by atoms with van der Waals surface area (Å²) in [5.74, 6) is 0.949. The van der Waals surface area contributed by atoms with Crippen LogP contribution in [0.4, 0.5) is 0 Å². The normalized spacial score (nSPS) is 16.4. The van der Waals surface area contributed by atoms with E-state index in [0.717, 1.165) is 38.9 Å².